The van der Waals surface area contributed by atoms with E-state index in [2.05, 4.69) is 114 Å². The third kappa shape index (κ3) is 3.25. The zero-order valence-corrected chi connectivity index (χ0v) is 22.0. The molecule has 41 heavy (non-hydrogen) atoms. The summed E-state index contributed by atoms with van der Waals surface area (Å²) in [5.41, 5.74) is 8.27. The van der Waals surface area contributed by atoms with E-state index in [-0.39, 0.29) is 0 Å². The normalized spacial score (nSPS) is 12.3. The third-order valence-electron chi connectivity index (χ3n) is 8.20. The van der Waals surface area contributed by atoms with Crippen molar-refractivity contribution >= 4 is 60.7 Å². The van der Waals surface area contributed by atoms with E-state index in [9.17, 15) is 0 Å². The predicted octanol–water partition coefficient (Wildman–Crippen LogP) is 9.60. The number of nitrogens with zero attached hydrogens (tertiary/aromatic N) is 4. The van der Waals surface area contributed by atoms with Crippen LogP contribution in [0, 0.1) is 0 Å². The molecule has 6 aromatic carbocycles. The SMILES string of the molecule is c1ccc2cc3c(cc2c1)-c1cccc2cccc(c12)N3c1nc(-c2cccc3cccnc23)c2ccccc2n1. The van der Waals surface area contributed by atoms with Gasteiger partial charge < -0.3 is 0 Å². The highest BCUT2D eigenvalue weighted by atomic mass is 15.3. The lowest BCUT2D eigenvalue weighted by Crippen LogP contribution is -2.18. The van der Waals surface area contributed by atoms with Crippen molar-refractivity contribution in [1.82, 2.24) is 15.0 Å². The molecule has 9 rings (SSSR count). The fourth-order valence-electron chi connectivity index (χ4n) is 6.37. The average Bonchev–Trinajstić information content (AvgIpc) is 3.03. The van der Waals surface area contributed by atoms with Crippen LogP contribution in [0.5, 0.6) is 0 Å². The zero-order valence-electron chi connectivity index (χ0n) is 22.0. The van der Waals surface area contributed by atoms with Gasteiger partial charge in [0, 0.05) is 33.5 Å². The van der Waals surface area contributed by atoms with Crippen molar-refractivity contribution in [2.24, 2.45) is 0 Å². The van der Waals surface area contributed by atoms with Crippen LogP contribution in [0.3, 0.4) is 0 Å². The number of para-hydroxylation sites is 2. The van der Waals surface area contributed by atoms with Gasteiger partial charge in [-0.25, -0.2) is 9.97 Å². The summed E-state index contributed by atoms with van der Waals surface area (Å²) in [6, 6.07) is 44.8. The van der Waals surface area contributed by atoms with Crippen molar-refractivity contribution < 1.29 is 0 Å². The maximum Gasteiger partial charge on any atom is 0.235 e. The van der Waals surface area contributed by atoms with Crippen LogP contribution >= 0.6 is 0 Å². The molecule has 0 bridgehead atoms. The third-order valence-corrected chi connectivity index (χ3v) is 8.20. The van der Waals surface area contributed by atoms with Gasteiger partial charge >= 0.3 is 0 Å². The number of hydrogen-bond donors (Lipinski definition) is 0. The minimum atomic E-state index is 0.644. The van der Waals surface area contributed by atoms with Crippen LogP contribution in [0.25, 0.3) is 65.7 Å². The molecule has 0 atom stereocenters. The zero-order chi connectivity index (χ0) is 26.9. The Balaban J connectivity index is 1.40. The first-order chi connectivity index (χ1) is 20.3. The smallest absolute Gasteiger partial charge is 0.235 e. The Bertz CT molecular complexity index is 2330. The minimum absolute atomic E-state index is 0.644. The summed E-state index contributed by atoms with van der Waals surface area (Å²) in [7, 11) is 0. The van der Waals surface area contributed by atoms with Crippen LogP contribution in [0.2, 0.25) is 0 Å². The Hall–Kier alpha value is -5.61. The molecule has 0 spiro atoms. The number of rotatable bonds is 2. The first-order valence-corrected chi connectivity index (χ1v) is 13.8. The largest absolute Gasteiger partial charge is 0.278 e. The Morgan fingerprint density at radius 1 is 0.488 bits per heavy atom. The van der Waals surface area contributed by atoms with E-state index in [0.717, 1.165) is 44.4 Å². The van der Waals surface area contributed by atoms with Crippen LogP contribution in [0.1, 0.15) is 0 Å². The van der Waals surface area contributed by atoms with Crippen LogP contribution in [-0.4, -0.2) is 15.0 Å². The fraction of sp³-hybridized carbons (Fsp3) is 0. The molecule has 0 fully saturated rings. The molecule has 0 N–H and O–H groups in total. The summed E-state index contributed by atoms with van der Waals surface area (Å²) in [6.45, 7) is 0. The molecule has 0 unspecified atom stereocenters. The van der Waals surface area contributed by atoms with Gasteiger partial charge in [-0.3, -0.25) is 9.88 Å². The van der Waals surface area contributed by atoms with Crippen molar-refractivity contribution in [2.45, 2.75) is 0 Å². The van der Waals surface area contributed by atoms with Gasteiger partial charge in [0.1, 0.15) is 0 Å². The van der Waals surface area contributed by atoms with Crippen molar-refractivity contribution in [3.05, 3.63) is 134 Å². The molecule has 0 radical (unpaired) electrons. The average molecular weight is 523 g/mol. The van der Waals surface area contributed by atoms with Gasteiger partial charge in [0.15, 0.2) is 0 Å². The number of aromatic nitrogens is 3. The first-order valence-electron chi connectivity index (χ1n) is 13.8. The fourth-order valence-corrected chi connectivity index (χ4v) is 6.37. The second-order valence-electron chi connectivity index (χ2n) is 10.5. The van der Waals surface area contributed by atoms with Gasteiger partial charge in [0.2, 0.25) is 5.95 Å². The number of anilines is 3. The van der Waals surface area contributed by atoms with Gasteiger partial charge in [-0.15, -0.1) is 0 Å². The van der Waals surface area contributed by atoms with E-state index in [1.165, 1.54) is 32.7 Å². The van der Waals surface area contributed by atoms with Crippen molar-refractivity contribution in [3.63, 3.8) is 0 Å². The number of hydrogen-bond acceptors (Lipinski definition) is 4. The molecule has 0 amide bonds. The maximum absolute atomic E-state index is 5.36. The molecule has 0 saturated heterocycles. The molecule has 4 nitrogen and oxygen atoms in total. The second-order valence-corrected chi connectivity index (χ2v) is 10.5. The van der Waals surface area contributed by atoms with E-state index in [1.54, 1.807) is 0 Å². The predicted molar refractivity (Wildman–Crippen MR) is 169 cm³/mol. The van der Waals surface area contributed by atoms with Crippen LogP contribution < -0.4 is 4.90 Å². The Kier molecular flexibility index (Phi) is 4.58. The Labute approximate surface area is 236 Å². The highest BCUT2D eigenvalue weighted by Gasteiger charge is 2.29. The van der Waals surface area contributed by atoms with Gasteiger partial charge in [0.05, 0.1) is 28.1 Å². The Morgan fingerprint density at radius 2 is 1.20 bits per heavy atom. The lowest BCUT2D eigenvalue weighted by atomic mass is 9.89. The molecule has 2 aromatic heterocycles. The van der Waals surface area contributed by atoms with E-state index < -0.39 is 0 Å². The minimum Gasteiger partial charge on any atom is -0.278 e. The van der Waals surface area contributed by atoms with E-state index >= 15 is 0 Å². The number of benzene rings is 6. The lowest BCUT2D eigenvalue weighted by molar-refractivity contribution is 1.11. The topological polar surface area (TPSA) is 41.9 Å². The summed E-state index contributed by atoms with van der Waals surface area (Å²) >= 11 is 0. The Morgan fingerprint density at radius 3 is 2.10 bits per heavy atom. The van der Waals surface area contributed by atoms with E-state index in [4.69, 9.17) is 15.0 Å². The standard InChI is InChI=1S/C37H22N4/c1-2-10-26-22-33-30(21-25(26)9-1)27-16-5-11-23-12-7-19-32(34(23)27)41(33)37-39-31-18-4-3-15-28(31)36(40-37)29-17-6-13-24-14-8-20-38-35(24)29/h1-22H. The monoisotopic (exact) mass is 522 g/mol. The van der Waals surface area contributed by atoms with Crippen molar-refractivity contribution in [1.29, 1.82) is 0 Å². The van der Waals surface area contributed by atoms with Gasteiger partial charge in [0.25, 0.3) is 0 Å². The van der Waals surface area contributed by atoms with Crippen LogP contribution in [0.4, 0.5) is 17.3 Å². The van der Waals surface area contributed by atoms with E-state index in [0.29, 0.717) is 5.95 Å². The van der Waals surface area contributed by atoms with Crippen molar-refractivity contribution in [3.8, 4) is 22.4 Å². The summed E-state index contributed by atoms with van der Waals surface area (Å²) in [5.74, 6) is 0.644. The highest BCUT2D eigenvalue weighted by molar-refractivity contribution is 6.15. The molecule has 8 aromatic rings. The number of fused-ring (bicyclic) bond motifs is 5. The summed E-state index contributed by atoms with van der Waals surface area (Å²) in [6.07, 6.45) is 1.85. The molecule has 3 heterocycles. The van der Waals surface area contributed by atoms with Crippen LogP contribution in [-0.2, 0) is 0 Å². The van der Waals surface area contributed by atoms with Gasteiger partial charge in [-0.1, -0.05) is 97.1 Å². The molecule has 190 valence electrons. The molecule has 0 saturated carbocycles. The van der Waals surface area contributed by atoms with Gasteiger partial charge in [-0.05, 0) is 52.1 Å². The maximum atomic E-state index is 5.36. The quantitative estimate of drug-likeness (QED) is 0.227. The molecule has 0 aliphatic carbocycles. The summed E-state index contributed by atoms with van der Waals surface area (Å²) in [4.78, 5) is 17.6. The first kappa shape index (κ1) is 22.2. The van der Waals surface area contributed by atoms with E-state index in [1.807, 2.05) is 24.4 Å². The number of pyridine rings is 1. The van der Waals surface area contributed by atoms with Gasteiger partial charge in [-0.2, -0.15) is 0 Å². The summed E-state index contributed by atoms with van der Waals surface area (Å²) < 4.78 is 0. The highest BCUT2D eigenvalue weighted by Crippen LogP contribution is 2.51. The second kappa shape index (κ2) is 8.44. The van der Waals surface area contributed by atoms with Crippen molar-refractivity contribution in [2.75, 3.05) is 4.90 Å². The molecule has 4 heteroatoms. The molecular formula is C37H22N4. The van der Waals surface area contributed by atoms with Crippen LogP contribution in [0.15, 0.2) is 134 Å². The lowest BCUT2D eigenvalue weighted by Gasteiger charge is -2.32. The molecular weight excluding hydrogens is 500 g/mol. The molecule has 1 aliphatic heterocycles. The summed E-state index contributed by atoms with van der Waals surface area (Å²) in [5, 5.41) is 6.89. The molecule has 1 aliphatic rings.